The molecule has 1 aliphatic rings. The smallest absolute Gasteiger partial charge is 0.305 e. The second-order valence-electron chi connectivity index (χ2n) is 4.46. The summed E-state index contributed by atoms with van der Waals surface area (Å²) in [5, 5.41) is 9.99. The molecule has 1 aliphatic heterocycles. The molecule has 0 radical (unpaired) electrons. The zero-order valence-electron chi connectivity index (χ0n) is 11.7. The maximum Gasteiger partial charge on any atom is 0.305 e. The summed E-state index contributed by atoms with van der Waals surface area (Å²) in [6.45, 7) is 4.96. The maximum atomic E-state index is 11.1. The normalized spacial score (nSPS) is 33.1. The summed E-state index contributed by atoms with van der Waals surface area (Å²) in [7, 11) is 0. The van der Waals surface area contributed by atoms with Gasteiger partial charge in [0.1, 0.15) is 6.10 Å². The molecule has 0 amide bonds. The van der Waals surface area contributed by atoms with Gasteiger partial charge in [0.15, 0.2) is 6.10 Å². The molecule has 114 valence electrons. The molecular weight excluding hydrogens is 272 g/mol. The first kappa shape index (κ1) is 16.4. The van der Waals surface area contributed by atoms with Crippen molar-refractivity contribution in [1.82, 2.24) is 0 Å². The molecule has 5 atom stereocenters. The van der Waals surface area contributed by atoms with E-state index in [1.807, 2.05) is 0 Å². The Bertz CT molecular complexity index is 393. The van der Waals surface area contributed by atoms with Gasteiger partial charge in [0.05, 0.1) is 6.10 Å². The number of hydrogen-bond donors (Lipinski definition) is 1. The third-order valence-electron chi connectivity index (χ3n) is 2.64. The number of hydrogen-bond acceptors (Lipinski definition) is 8. The van der Waals surface area contributed by atoms with Crippen LogP contribution < -0.4 is 0 Å². The molecule has 8 heteroatoms. The lowest BCUT2D eigenvalue weighted by Crippen LogP contribution is -2.60. The minimum Gasteiger partial charge on any atom is -0.455 e. The lowest BCUT2D eigenvalue weighted by Gasteiger charge is -2.41. The van der Waals surface area contributed by atoms with E-state index in [0.29, 0.717) is 0 Å². The summed E-state index contributed by atoms with van der Waals surface area (Å²) in [5.74, 6) is -2.01. The number of ether oxygens (including phenoxy) is 4. The van der Waals surface area contributed by atoms with Gasteiger partial charge in [-0.2, -0.15) is 0 Å². The molecule has 0 aromatic carbocycles. The van der Waals surface area contributed by atoms with Crippen molar-refractivity contribution in [1.29, 1.82) is 0 Å². The molecule has 0 spiro atoms. The van der Waals surface area contributed by atoms with Gasteiger partial charge < -0.3 is 24.1 Å². The zero-order valence-corrected chi connectivity index (χ0v) is 11.7. The summed E-state index contributed by atoms with van der Waals surface area (Å²) in [6, 6.07) is 0. The van der Waals surface area contributed by atoms with E-state index in [0.717, 1.165) is 20.8 Å². The molecule has 0 aliphatic carbocycles. The molecule has 1 fully saturated rings. The topological polar surface area (TPSA) is 108 Å². The van der Waals surface area contributed by atoms with Gasteiger partial charge in [-0.1, -0.05) is 0 Å². The van der Waals surface area contributed by atoms with E-state index in [-0.39, 0.29) is 0 Å². The van der Waals surface area contributed by atoms with Crippen LogP contribution in [0, 0.1) is 0 Å². The second-order valence-corrected chi connectivity index (χ2v) is 4.46. The van der Waals surface area contributed by atoms with Crippen molar-refractivity contribution in [2.24, 2.45) is 0 Å². The first-order valence-corrected chi connectivity index (χ1v) is 6.07. The molecule has 1 heterocycles. The van der Waals surface area contributed by atoms with Crippen molar-refractivity contribution >= 4 is 17.9 Å². The molecule has 1 rings (SSSR count). The van der Waals surface area contributed by atoms with E-state index in [1.54, 1.807) is 0 Å². The Balaban J connectivity index is 3.00. The number of aliphatic hydroxyl groups excluding tert-OH is 1. The monoisotopic (exact) mass is 290 g/mol. The van der Waals surface area contributed by atoms with Crippen molar-refractivity contribution in [2.45, 2.75) is 58.4 Å². The molecule has 20 heavy (non-hydrogen) atoms. The van der Waals surface area contributed by atoms with Crippen molar-refractivity contribution in [3.8, 4) is 0 Å². The van der Waals surface area contributed by atoms with E-state index in [9.17, 15) is 19.5 Å². The fourth-order valence-corrected chi connectivity index (χ4v) is 1.89. The van der Waals surface area contributed by atoms with E-state index in [2.05, 4.69) is 0 Å². The van der Waals surface area contributed by atoms with Crippen LogP contribution in [0.25, 0.3) is 0 Å². The summed E-state index contributed by atoms with van der Waals surface area (Å²) in [4.78, 5) is 33.3. The Labute approximate surface area is 115 Å². The number of carbonyl (C=O) groups is 3. The molecule has 0 aromatic rings. The van der Waals surface area contributed by atoms with Crippen molar-refractivity contribution in [3.63, 3.8) is 0 Å². The van der Waals surface area contributed by atoms with Gasteiger partial charge in [0.2, 0.25) is 12.4 Å². The lowest BCUT2D eigenvalue weighted by molar-refractivity contribution is -0.290. The molecule has 8 nitrogen and oxygen atoms in total. The van der Waals surface area contributed by atoms with Gasteiger partial charge in [-0.3, -0.25) is 14.4 Å². The Morgan fingerprint density at radius 1 is 0.900 bits per heavy atom. The van der Waals surface area contributed by atoms with Gasteiger partial charge in [-0.15, -0.1) is 0 Å². The average molecular weight is 290 g/mol. The fraction of sp³-hybridized carbons (Fsp3) is 0.750. The Morgan fingerprint density at radius 2 is 1.35 bits per heavy atom. The first-order valence-electron chi connectivity index (χ1n) is 6.07. The molecule has 0 bridgehead atoms. The fourth-order valence-electron chi connectivity index (χ4n) is 1.89. The van der Waals surface area contributed by atoms with E-state index < -0.39 is 48.6 Å². The van der Waals surface area contributed by atoms with E-state index in [1.165, 1.54) is 6.92 Å². The van der Waals surface area contributed by atoms with Crippen LogP contribution in [-0.4, -0.2) is 53.7 Å². The SMILES string of the molecule is CC(=O)O[C@@H]1O[C@H](C)[C@H](O)[C@@H](OC(C)=O)[C@@H]1OC(C)=O. The summed E-state index contributed by atoms with van der Waals surface area (Å²) in [5.41, 5.74) is 0. The summed E-state index contributed by atoms with van der Waals surface area (Å²) in [6.07, 6.45) is -5.64. The largest absolute Gasteiger partial charge is 0.455 e. The number of carbonyl (C=O) groups excluding carboxylic acids is 3. The van der Waals surface area contributed by atoms with Crippen molar-refractivity contribution in [2.75, 3.05) is 0 Å². The quantitative estimate of drug-likeness (QED) is 0.548. The highest BCUT2D eigenvalue weighted by Gasteiger charge is 2.49. The number of aliphatic hydroxyl groups is 1. The van der Waals surface area contributed by atoms with Gasteiger partial charge in [-0.05, 0) is 6.92 Å². The van der Waals surface area contributed by atoms with Crippen LogP contribution in [-0.2, 0) is 33.3 Å². The predicted molar refractivity (Wildman–Crippen MR) is 63.2 cm³/mol. The zero-order chi connectivity index (χ0) is 15.4. The van der Waals surface area contributed by atoms with Crippen LogP contribution in [0.2, 0.25) is 0 Å². The predicted octanol–water partition coefficient (Wildman–Crippen LogP) is -0.481. The standard InChI is InChI=1S/C12H18O8/c1-5-9(16)10(18-6(2)13)11(19-7(3)14)12(17-5)20-8(4)15/h5,9-12,16H,1-4H3/t5-,9+,10-,11+,12+/m1/s1. The van der Waals surface area contributed by atoms with Gasteiger partial charge in [0, 0.05) is 20.8 Å². The molecule has 1 saturated heterocycles. The first-order chi connectivity index (χ1) is 9.22. The summed E-state index contributed by atoms with van der Waals surface area (Å²) < 4.78 is 20.1. The minimum absolute atomic E-state index is 0.655. The van der Waals surface area contributed by atoms with Crippen LogP contribution >= 0.6 is 0 Å². The summed E-state index contributed by atoms with van der Waals surface area (Å²) >= 11 is 0. The lowest BCUT2D eigenvalue weighted by atomic mass is 9.99. The maximum absolute atomic E-state index is 11.1. The number of rotatable bonds is 3. The van der Waals surface area contributed by atoms with E-state index >= 15 is 0 Å². The Kier molecular flexibility index (Phi) is 5.46. The van der Waals surface area contributed by atoms with Gasteiger partial charge in [-0.25, -0.2) is 0 Å². The molecule has 0 aromatic heterocycles. The highest BCUT2D eigenvalue weighted by molar-refractivity contribution is 5.68. The average Bonchev–Trinajstić information content (AvgIpc) is 2.28. The minimum atomic E-state index is -1.25. The third-order valence-corrected chi connectivity index (χ3v) is 2.64. The third kappa shape index (κ3) is 4.17. The van der Waals surface area contributed by atoms with Gasteiger partial charge in [0.25, 0.3) is 0 Å². The van der Waals surface area contributed by atoms with Crippen molar-refractivity contribution < 1.29 is 38.4 Å². The highest BCUT2D eigenvalue weighted by Crippen LogP contribution is 2.27. The molecule has 0 saturated carbocycles. The van der Waals surface area contributed by atoms with Crippen LogP contribution in [0.3, 0.4) is 0 Å². The van der Waals surface area contributed by atoms with Gasteiger partial charge >= 0.3 is 17.9 Å². The van der Waals surface area contributed by atoms with Crippen LogP contribution in [0.4, 0.5) is 0 Å². The molecule has 1 N–H and O–H groups in total. The highest BCUT2D eigenvalue weighted by atomic mass is 16.7. The number of esters is 3. The van der Waals surface area contributed by atoms with Crippen LogP contribution in [0.15, 0.2) is 0 Å². The molecule has 0 unspecified atom stereocenters. The molecular formula is C12H18O8. The van der Waals surface area contributed by atoms with Crippen LogP contribution in [0.1, 0.15) is 27.7 Å². The second kappa shape index (κ2) is 6.67. The van der Waals surface area contributed by atoms with Crippen molar-refractivity contribution in [3.05, 3.63) is 0 Å². The Morgan fingerprint density at radius 3 is 1.80 bits per heavy atom. The Hall–Kier alpha value is -1.67. The van der Waals surface area contributed by atoms with Crippen LogP contribution in [0.5, 0.6) is 0 Å². The van der Waals surface area contributed by atoms with E-state index in [4.69, 9.17) is 18.9 Å².